The highest BCUT2D eigenvalue weighted by Crippen LogP contribution is 2.31. The van der Waals surface area contributed by atoms with Crippen molar-refractivity contribution in [3.63, 3.8) is 0 Å². The van der Waals surface area contributed by atoms with Crippen molar-refractivity contribution in [3.8, 4) is 0 Å². The fourth-order valence-corrected chi connectivity index (χ4v) is 3.61. The van der Waals surface area contributed by atoms with Gasteiger partial charge in [-0.2, -0.15) is 0 Å². The third-order valence-electron chi connectivity index (χ3n) is 3.53. The van der Waals surface area contributed by atoms with Gasteiger partial charge < -0.3 is 10.5 Å². The Labute approximate surface area is 126 Å². The SMILES string of the molecule is NC(=O)c1cccc(COC(=O)c2cc3c(s2)CCC3)c1. The minimum atomic E-state index is -0.488. The molecule has 2 aromatic rings. The summed E-state index contributed by atoms with van der Waals surface area (Å²) in [6.07, 6.45) is 3.30. The number of carbonyl (C=O) groups is 2. The number of aryl methyl sites for hydroxylation is 2. The minimum absolute atomic E-state index is 0.141. The summed E-state index contributed by atoms with van der Waals surface area (Å²) >= 11 is 1.52. The highest BCUT2D eigenvalue weighted by atomic mass is 32.1. The maximum atomic E-state index is 12.0. The second-order valence-corrected chi connectivity index (χ2v) is 6.19. The van der Waals surface area contributed by atoms with Gasteiger partial charge in [0.25, 0.3) is 0 Å². The number of rotatable bonds is 4. The molecule has 1 aromatic heterocycles. The van der Waals surface area contributed by atoms with E-state index in [1.54, 1.807) is 24.3 Å². The van der Waals surface area contributed by atoms with Gasteiger partial charge in [0, 0.05) is 10.4 Å². The Bertz CT molecular complexity index is 684. The van der Waals surface area contributed by atoms with E-state index in [9.17, 15) is 9.59 Å². The Kier molecular flexibility index (Phi) is 3.75. The topological polar surface area (TPSA) is 69.4 Å². The van der Waals surface area contributed by atoms with Crippen molar-refractivity contribution in [1.29, 1.82) is 0 Å². The number of benzene rings is 1. The lowest BCUT2D eigenvalue weighted by molar-refractivity contribution is 0.0478. The van der Waals surface area contributed by atoms with E-state index in [2.05, 4.69) is 0 Å². The second kappa shape index (κ2) is 5.69. The Morgan fingerprint density at radius 3 is 2.86 bits per heavy atom. The van der Waals surface area contributed by atoms with Gasteiger partial charge in [-0.25, -0.2) is 4.79 Å². The quantitative estimate of drug-likeness (QED) is 0.883. The van der Waals surface area contributed by atoms with Crippen LogP contribution in [0.15, 0.2) is 30.3 Å². The predicted octanol–water partition coefficient (Wildman–Crippen LogP) is 2.69. The molecule has 21 heavy (non-hydrogen) atoms. The molecule has 0 atom stereocenters. The number of amides is 1. The van der Waals surface area contributed by atoms with Crippen molar-refractivity contribution in [2.45, 2.75) is 25.9 Å². The van der Waals surface area contributed by atoms with Crippen molar-refractivity contribution in [2.24, 2.45) is 5.73 Å². The average molecular weight is 301 g/mol. The normalized spacial score (nSPS) is 13.0. The van der Waals surface area contributed by atoms with E-state index in [1.807, 2.05) is 6.07 Å². The number of ether oxygens (including phenoxy) is 1. The van der Waals surface area contributed by atoms with Crippen molar-refractivity contribution in [2.75, 3.05) is 0 Å². The molecule has 0 unspecified atom stereocenters. The van der Waals surface area contributed by atoms with Crippen LogP contribution in [0.5, 0.6) is 0 Å². The van der Waals surface area contributed by atoms with E-state index in [4.69, 9.17) is 10.5 Å². The molecule has 0 aliphatic heterocycles. The Hall–Kier alpha value is -2.14. The fraction of sp³-hybridized carbons (Fsp3) is 0.250. The van der Waals surface area contributed by atoms with Crippen LogP contribution in [0.4, 0.5) is 0 Å². The van der Waals surface area contributed by atoms with Gasteiger partial charge in [-0.15, -0.1) is 11.3 Å². The highest BCUT2D eigenvalue weighted by Gasteiger charge is 2.19. The summed E-state index contributed by atoms with van der Waals surface area (Å²) in [6.45, 7) is 0.141. The maximum absolute atomic E-state index is 12.0. The predicted molar refractivity (Wildman–Crippen MR) is 80.4 cm³/mol. The largest absolute Gasteiger partial charge is 0.457 e. The van der Waals surface area contributed by atoms with Crippen molar-refractivity contribution in [1.82, 2.24) is 0 Å². The molecule has 0 radical (unpaired) electrons. The number of hydrogen-bond donors (Lipinski definition) is 1. The van der Waals surface area contributed by atoms with Gasteiger partial charge >= 0.3 is 5.97 Å². The monoisotopic (exact) mass is 301 g/mol. The maximum Gasteiger partial charge on any atom is 0.348 e. The van der Waals surface area contributed by atoms with E-state index >= 15 is 0 Å². The lowest BCUT2D eigenvalue weighted by Crippen LogP contribution is -2.11. The van der Waals surface area contributed by atoms with E-state index in [0.717, 1.165) is 18.4 Å². The molecule has 0 fully saturated rings. The average Bonchev–Trinajstić information content (AvgIpc) is 3.06. The molecule has 108 valence electrons. The molecule has 5 heteroatoms. The van der Waals surface area contributed by atoms with Crippen LogP contribution in [0.25, 0.3) is 0 Å². The number of thiophene rings is 1. The van der Waals surface area contributed by atoms with Crippen LogP contribution in [0, 0.1) is 0 Å². The zero-order valence-corrected chi connectivity index (χ0v) is 12.2. The number of primary amides is 1. The first-order chi connectivity index (χ1) is 10.1. The summed E-state index contributed by atoms with van der Waals surface area (Å²) in [5.74, 6) is -0.795. The highest BCUT2D eigenvalue weighted by molar-refractivity contribution is 7.14. The molecular weight excluding hydrogens is 286 g/mol. The van der Waals surface area contributed by atoms with Crippen molar-refractivity contribution in [3.05, 3.63) is 56.8 Å². The molecule has 0 saturated carbocycles. The number of fused-ring (bicyclic) bond motifs is 1. The molecule has 1 aliphatic carbocycles. The minimum Gasteiger partial charge on any atom is -0.457 e. The van der Waals surface area contributed by atoms with Gasteiger partial charge in [0.15, 0.2) is 0 Å². The smallest absolute Gasteiger partial charge is 0.348 e. The molecule has 1 amide bonds. The van der Waals surface area contributed by atoms with Gasteiger partial charge in [-0.05, 0) is 48.6 Å². The van der Waals surface area contributed by atoms with E-state index in [0.29, 0.717) is 10.4 Å². The molecule has 1 aliphatic rings. The lowest BCUT2D eigenvalue weighted by atomic mass is 10.1. The molecule has 3 rings (SSSR count). The van der Waals surface area contributed by atoms with Crippen LogP contribution in [-0.4, -0.2) is 11.9 Å². The lowest BCUT2D eigenvalue weighted by Gasteiger charge is -2.04. The molecule has 4 nitrogen and oxygen atoms in total. The zero-order chi connectivity index (χ0) is 14.8. The van der Waals surface area contributed by atoms with E-state index in [-0.39, 0.29) is 12.6 Å². The third-order valence-corrected chi connectivity index (χ3v) is 4.75. The zero-order valence-electron chi connectivity index (χ0n) is 11.4. The first-order valence-corrected chi connectivity index (χ1v) is 7.62. The van der Waals surface area contributed by atoms with Crippen molar-refractivity contribution >= 4 is 23.2 Å². The summed E-state index contributed by atoms with van der Waals surface area (Å²) in [7, 11) is 0. The van der Waals surface area contributed by atoms with Gasteiger partial charge in [-0.1, -0.05) is 12.1 Å². The van der Waals surface area contributed by atoms with Crippen LogP contribution >= 0.6 is 11.3 Å². The van der Waals surface area contributed by atoms with Gasteiger partial charge in [0.05, 0.1) is 0 Å². The van der Waals surface area contributed by atoms with Crippen LogP contribution in [0.3, 0.4) is 0 Å². The van der Waals surface area contributed by atoms with E-state index < -0.39 is 5.91 Å². The molecule has 0 spiro atoms. The van der Waals surface area contributed by atoms with E-state index in [1.165, 1.54) is 28.2 Å². The Morgan fingerprint density at radius 2 is 2.10 bits per heavy atom. The first-order valence-electron chi connectivity index (χ1n) is 6.81. The molecule has 0 bridgehead atoms. The molecule has 2 N–H and O–H groups in total. The number of hydrogen-bond acceptors (Lipinski definition) is 4. The number of carbonyl (C=O) groups excluding carboxylic acids is 2. The summed E-state index contributed by atoms with van der Waals surface area (Å²) in [6, 6.07) is 8.74. The number of nitrogens with two attached hydrogens (primary N) is 1. The molecule has 0 saturated heterocycles. The second-order valence-electron chi connectivity index (χ2n) is 5.05. The van der Waals surface area contributed by atoms with Crippen LogP contribution in [0.1, 0.15) is 42.5 Å². The molecular formula is C16H15NO3S. The first kappa shape index (κ1) is 13.8. The fourth-order valence-electron chi connectivity index (χ4n) is 2.46. The van der Waals surface area contributed by atoms with Crippen molar-refractivity contribution < 1.29 is 14.3 Å². The summed E-state index contributed by atoms with van der Waals surface area (Å²) in [5.41, 5.74) is 7.67. The number of esters is 1. The van der Waals surface area contributed by atoms with Crippen LogP contribution in [-0.2, 0) is 24.2 Å². The Balaban J connectivity index is 1.65. The summed E-state index contributed by atoms with van der Waals surface area (Å²) < 4.78 is 5.31. The van der Waals surface area contributed by atoms with Gasteiger partial charge in [0.1, 0.15) is 11.5 Å². The van der Waals surface area contributed by atoms with Crippen LogP contribution in [0.2, 0.25) is 0 Å². The third kappa shape index (κ3) is 2.97. The van der Waals surface area contributed by atoms with Gasteiger partial charge in [0.2, 0.25) is 5.91 Å². The molecule has 1 aromatic carbocycles. The van der Waals surface area contributed by atoms with Gasteiger partial charge in [-0.3, -0.25) is 4.79 Å². The summed E-state index contributed by atoms with van der Waals surface area (Å²) in [5, 5.41) is 0. The standard InChI is InChI=1S/C16H15NO3S/c17-15(18)12-5-1-3-10(7-12)9-20-16(19)14-8-11-4-2-6-13(11)21-14/h1,3,5,7-8H,2,4,6,9H2,(H2,17,18). The van der Waals surface area contributed by atoms with Crippen LogP contribution < -0.4 is 5.73 Å². The summed E-state index contributed by atoms with van der Waals surface area (Å²) in [4.78, 5) is 25.1. The Morgan fingerprint density at radius 1 is 1.24 bits per heavy atom. The molecule has 1 heterocycles.